The molecular formula is C26H27N3O7. The quantitative estimate of drug-likeness (QED) is 0.236. The lowest BCUT2D eigenvalue weighted by Gasteiger charge is -2.15. The summed E-state index contributed by atoms with van der Waals surface area (Å²) in [6.45, 7) is 4.58. The first-order valence-electron chi connectivity index (χ1n) is 11.0. The number of carbonyl (C=O) groups excluding carboxylic acids is 1. The zero-order valence-electron chi connectivity index (χ0n) is 20.3. The number of nitro groups is 1. The summed E-state index contributed by atoms with van der Waals surface area (Å²) in [7, 11) is 3.00. The third-order valence-corrected chi connectivity index (χ3v) is 5.33. The summed E-state index contributed by atoms with van der Waals surface area (Å²) in [5.41, 5.74) is 4.47. The normalized spacial score (nSPS) is 10.9. The number of nitrogens with zero attached hydrogens (tertiary/aromatic N) is 2. The molecule has 0 spiro atoms. The van der Waals surface area contributed by atoms with Gasteiger partial charge in [0.15, 0.2) is 17.2 Å². The molecule has 0 fully saturated rings. The second kappa shape index (κ2) is 11.7. The molecule has 36 heavy (non-hydrogen) atoms. The van der Waals surface area contributed by atoms with Gasteiger partial charge in [-0.15, -0.1) is 0 Å². The Kier molecular flexibility index (Phi) is 8.45. The number of hydrogen-bond acceptors (Lipinski definition) is 8. The van der Waals surface area contributed by atoms with Crippen LogP contribution in [0.2, 0.25) is 0 Å². The molecule has 10 heteroatoms. The highest BCUT2D eigenvalue weighted by Gasteiger charge is 2.17. The lowest BCUT2D eigenvalue weighted by molar-refractivity contribution is -0.385. The molecule has 188 valence electrons. The number of amides is 1. The Morgan fingerprint density at radius 3 is 2.28 bits per heavy atom. The number of phenolic OH excluding ortho intramolecular Hbond substituents is 1. The molecule has 0 aliphatic carbocycles. The number of methoxy groups -OCH3 is 2. The van der Waals surface area contributed by atoms with E-state index in [2.05, 4.69) is 36.5 Å². The molecule has 0 unspecified atom stereocenters. The minimum absolute atomic E-state index is 0.0306. The number of benzene rings is 3. The second-order valence-corrected chi connectivity index (χ2v) is 8.10. The SMILES string of the molecule is COc1cc(C=NNC(=O)c2ccc(O)c([N+](=O)[O-])c2)cc(OC)c1OCc1ccc(C(C)C)cc1. The maximum Gasteiger partial charge on any atom is 0.311 e. The molecule has 0 saturated heterocycles. The Morgan fingerprint density at radius 2 is 1.72 bits per heavy atom. The molecule has 3 rings (SSSR count). The van der Waals surface area contributed by atoms with E-state index in [0.717, 1.165) is 17.7 Å². The molecule has 0 atom stereocenters. The van der Waals surface area contributed by atoms with Crippen LogP contribution in [0.1, 0.15) is 46.8 Å². The minimum atomic E-state index is -0.780. The van der Waals surface area contributed by atoms with Crippen molar-refractivity contribution in [2.45, 2.75) is 26.4 Å². The Balaban J connectivity index is 1.73. The average Bonchev–Trinajstić information content (AvgIpc) is 2.87. The van der Waals surface area contributed by atoms with Crippen molar-refractivity contribution in [2.24, 2.45) is 5.10 Å². The summed E-state index contributed by atoms with van der Waals surface area (Å²) >= 11 is 0. The number of nitro benzene ring substituents is 1. The third kappa shape index (κ3) is 6.29. The van der Waals surface area contributed by atoms with Crippen molar-refractivity contribution >= 4 is 17.8 Å². The van der Waals surface area contributed by atoms with E-state index in [1.54, 1.807) is 12.1 Å². The van der Waals surface area contributed by atoms with Crippen LogP contribution in [0.5, 0.6) is 23.0 Å². The smallest absolute Gasteiger partial charge is 0.311 e. The number of nitrogens with one attached hydrogen (secondary N) is 1. The number of rotatable bonds is 10. The van der Waals surface area contributed by atoms with Crippen LogP contribution in [0.4, 0.5) is 5.69 Å². The lowest BCUT2D eigenvalue weighted by atomic mass is 10.0. The predicted molar refractivity (Wildman–Crippen MR) is 134 cm³/mol. The van der Waals surface area contributed by atoms with E-state index < -0.39 is 22.3 Å². The Morgan fingerprint density at radius 1 is 1.08 bits per heavy atom. The number of hydrogen-bond donors (Lipinski definition) is 2. The van der Waals surface area contributed by atoms with Gasteiger partial charge in [-0.3, -0.25) is 14.9 Å². The topological polar surface area (TPSA) is 133 Å². The van der Waals surface area contributed by atoms with Crippen LogP contribution < -0.4 is 19.6 Å². The van der Waals surface area contributed by atoms with Gasteiger partial charge in [0.2, 0.25) is 5.75 Å². The van der Waals surface area contributed by atoms with Gasteiger partial charge in [0.1, 0.15) is 6.61 Å². The van der Waals surface area contributed by atoms with Crippen LogP contribution in [0.25, 0.3) is 0 Å². The Hall–Kier alpha value is -4.60. The number of phenols is 1. The van der Waals surface area contributed by atoms with E-state index in [4.69, 9.17) is 14.2 Å². The lowest BCUT2D eigenvalue weighted by Crippen LogP contribution is -2.17. The fourth-order valence-electron chi connectivity index (χ4n) is 3.31. The molecule has 1 amide bonds. The van der Waals surface area contributed by atoms with Gasteiger partial charge in [-0.05, 0) is 41.3 Å². The van der Waals surface area contributed by atoms with Crippen molar-refractivity contribution in [3.05, 3.63) is 87.0 Å². The van der Waals surface area contributed by atoms with Gasteiger partial charge in [-0.25, -0.2) is 5.43 Å². The molecule has 0 aliphatic heterocycles. The zero-order chi connectivity index (χ0) is 26.2. The molecule has 0 heterocycles. The first-order valence-corrected chi connectivity index (χ1v) is 11.0. The maximum absolute atomic E-state index is 12.3. The van der Waals surface area contributed by atoms with Crippen molar-refractivity contribution < 1.29 is 29.0 Å². The van der Waals surface area contributed by atoms with Crippen LogP contribution in [0, 0.1) is 10.1 Å². The summed E-state index contributed by atoms with van der Waals surface area (Å²) in [5.74, 6) is 0.472. The van der Waals surface area contributed by atoms with Crippen LogP contribution in [0.15, 0.2) is 59.7 Å². The highest BCUT2D eigenvalue weighted by molar-refractivity contribution is 5.95. The standard InChI is InChI=1S/C26H27N3O7/c1-16(2)19-7-5-17(6-8-19)15-36-25-23(34-3)11-18(12-24(25)35-4)14-27-28-26(31)20-9-10-22(30)21(13-20)29(32)33/h5-14,16,30H,15H2,1-4H3,(H,28,31). The van der Waals surface area contributed by atoms with E-state index in [1.165, 1.54) is 32.1 Å². The van der Waals surface area contributed by atoms with Crippen molar-refractivity contribution in [3.63, 3.8) is 0 Å². The van der Waals surface area contributed by atoms with E-state index in [1.807, 2.05) is 12.1 Å². The van der Waals surface area contributed by atoms with E-state index in [0.29, 0.717) is 35.3 Å². The van der Waals surface area contributed by atoms with Crippen LogP contribution in [-0.4, -0.2) is 36.4 Å². The van der Waals surface area contributed by atoms with Crippen molar-refractivity contribution in [3.8, 4) is 23.0 Å². The number of hydrazone groups is 1. The first kappa shape index (κ1) is 26.0. The summed E-state index contributed by atoms with van der Waals surface area (Å²) in [4.78, 5) is 22.5. The molecule has 0 aliphatic rings. The number of carbonyl (C=O) groups is 1. The molecule has 0 bridgehead atoms. The van der Waals surface area contributed by atoms with E-state index >= 15 is 0 Å². The molecule has 3 aromatic rings. The first-order chi connectivity index (χ1) is 17.2. The molecule has 3 aromatic carbocycles. The predicted octanol–water partition coefficient (Wildman–Crippen LogP) is 4.78. The van der Waals surface area contributed by atoms with E-state index in [9.17, 15) is 20.0 Å². The van der Waals surface area contributed by atoms with E-state index in [-0.39, 0.29) is 5.56 Å². The Bertz CT molecular complexity index is 1250. The Labute approximate surface area is 208 Å². The van der Waals surface area contributed by atoms with Crippen LogP contribution in [-0.2, 0) is 6.61 Å². The molecule has 0 saturated carbocycles. The summed E-state index contributed by atoms with van der Waals surface area (Å²) in [5, 5.41) is 24.4. The monoisotopic (exact) mass is 493 g/mol. The van der Waals surface area contributed by atoms with Gasteiger partial charge in [0.25, 0.3) is 5.91 Å². The molecular weight excluding hydrogens is 466 g/mol. The second-order valence-electron chi connectivity index (χ2n) is 8.10. The van der Waals surface area contributed by atoms with Crippen molar-refractivity contribution in [2.75, 3.05) is 14.2 Å². The highest BCUT2D eigenvalue weighted by atomic mass is 16.6. The minimum Gasteiger partial charge on any atom is -0.502 e. The number of aromatic hydroxyl groups is 1. The summed E-state index contributed by atoms with van der Waals surface area (Å²) in [6.07, 6.45) is 1.37. The van der Waals surface area contributed by atoms with Gasteiger partial charge in [0, 0.05) is 17.2 Å². The average molecular weight is 494 g/mol. The van der Waals surface area contributed by atoms with Gasteiger partial charge in [-0.2, -0.15) is 5.10 Å². The van der Waals surface area contributed by atoms with Crippen molar-refractivity contribution in [1.82, 2.24) is 5.43 Å². The van der Waals surface area contributed by atoms with Gasteiger partial charge < -0.3 is 19.3 Å². The fourth-order valence-corrected chi connectivity index (χ4v) is 3.31. The molecule has 10 nitrogen and oxygen atoms in total. The summed E-state index contributed by atoms with van der Waals surface area (Å²) < 4.78 is 16.9. The van der Waals surface area contributed by atoms with Gasteiger partial charge in [0.05, 0.1) is 25.4 Å². The number of ether oxygens (including phenoxy) is 3. The largest absolute Gasteiger partial charge is 0.502 e. The van der Waals surface area contributed by atoms with Crippen molar-refractivity contribution in [1.29, 1.82) is 0 Å². The zero-order valence-corrected chi connectivity index (χ0v) is 20.3. The maximum atomic E-state index is 12.3. The van der Waals surface area contributed by atoms with Crippen LogP contribution in [0.3, 0.4) is 0 Å². The highest BCUT2D eigenvalue weighted by Crippen LogP contribution is 2.38. The van der Waals surface area contributed by atoms with Crippen LogP contribution >= 0.6 is 0 Å². The molecule has 0 radical (unpaired) electrons. The van der Waals surface area contributed by atoms with Gasteiger partial charge >= 0.3 is 5.69 Å². The summed E-state index contributed by atoms with van der Waals surface area (Å²) in [6, 6.07) is 14.8. The third-order valence-electron chi connectivity index (χ3n) is 5.33. The molecule has 0 aromatic heterocycles. The fraction of sp³-hybridized carbons (Fsp3) is 0.231. The van der Waals surface area contributed by atoms with Gasteiger partial charge in [-0.1, -0.05) is 38.1 Å². The molecule has 2 N–H and O–H groups in total.